The van der Waals surface area contributed by atoms with Gasteiger partial charge >= 0.3 is 5.97 Å². The molecule has 1 aromatic carbocycles. The molecule has 0 aliphatic heterocycles. The van der Waals surface area contributed by atoms with E-state index in [0.717, 1.165) is 5.56 Å². The van der Waals surface area contributed by atoms with Crippen LogP contribution < -0.4 is 4.72 Å². The Bertz CT molecular complexity index is 538. The number of carboxylic acid groups (broad SMARTS) is 1. The minimum Gasteiger partial charge on any atom is -0.481 e. The van der Waals surface area contributed by atoms with Crippen LogP contribution in [-0.2, 0) is 20.2 Å². The van der Waals surface area contributed by atoms with Crippen molar-refractivity contribution < 1.29 is 18.3 Å². The van der Waals surface area contributed by atoms with Crippen molar-refractivity contribution in [2.45, 2.75) is 32.1 Å². The monoisotopic (exact) mass is 299 g/mol. The molecule has 0 amide bonds. The molecule has 1 rings (SSSR count). The topological polar surface area (TPSA) is 83.5 Å². The minimum absolute atomic E-state index is 0.121. The first-order valence-corrected chi connectivity index (χ1v) is 8.13. The zero-order valence-electron chi connectivity index (χ0n) is 11.8. The van der Waals surface area contributed by atoms with Crippen molar-refractivity contribution in [3.63, 3.8) is 0 Å². The van der Waals surface area contributed by atoms with E-state index in [1.54, 1.807) is 0 Å². The Labute approximate surface area is 120 Å². The van der Waals surface area contributed by atoms with Gasteiger partial charge in [0.05, 0.1) is 5.75 Å². The molecule has 0 radical (unpaired) electrons. The van der Waals surface area contributed by atoms with Crippen LogP contribution >= 0.6 is 0 Å². The fourth-order valence-electron chi connectivity index (χ4n) is 1.77. The zero-order valence-corrected chi connectivity index (χ0v) is 12.6. The summed E-state index contributed by atoms with van der Waals surface area (Å²) in [6.07, 6.45) is -0.0145. The summed E-state index contributed by atoms with van der Waals surface area (Å²) >= 11 is 0. The smallest absolute Gasteiger partial charge is 0.303 e. The number of carbonyl (C=O) groups is 1. The fourth-order valence-corrected chi connectivity index (χ4v) is 3.02. The molecule has 0 heterocycles. The lowest BCUT2D eigenvalue weighted by molar-refractivity contribution is -0.137. The fraction of sp³-hybridized carbons (Fsp3) is 0.500. The highest BCUT2D eigenvalue weighted by Crippen LogP contribution is 2.21. The Morgan fingerprint density at radius 1 is 1.25 bits per heavy atom. The van der Waals surface area contributed by atoms with Crippen LogP contribution in [0.4, 0.5) is 0 Å². The average Bonchev–Trinajstić information content (AvgIpc) is 2.37. The molecule has 2 N–H and O–H groups in total. The maximum absolute atomic E-state index is 11.8. The molecular formula is C14H21NO4S. The van der Waals surface area contributed by atoms with Crippen molar-refractivity contribution in [3.8, 4) is 0 Å². The Morgan fingerprint density at radius 3 is 2.40 bits per heavy atom. The van der Waals surface area contributed by atoms with Crippen molar-refractivity contribution >= 4 is 16.0 Å². The van der Waals surface area contributed by atoms with Crippen molar-refractivity contribution in [2.75, 3.05) is 12.3 Å². The van der Waals surface area contributed by atoms with Crippen molar-refractivity contribution in [2.24, 2.45) is 0 Å². The standard InChI is InChI=1S/C14H21NO4S/c1-14(2,12-7-4-3-5-8-12)11-15-20(18,19)10-6-9-13(16)17/h3-5,7-8,15H,6,9-11H2,1-2H3,(H,16,17). The molecule has 5 nitrogen and oxygen atoms in total. The molecule has 0 atom stereocenters. The summed E-state index contributed by atoms with van der Waals surface area (Å²) in [4.78, 5) is 10.4. The van der Waals surface area contributed by atoms with Crippen LogP contribution in [0.5, 0.6) is 0 Å². The lowest BCUT2D eigenvalue weighted by atomic mass is 9.85. The van der Waals surface area contributed by atoms with Gasteiger partial charge in [0, 0.05) is 18.4 Å². The van der Waals surface area contributed by atoms with E-state index in [1.165, 1.54) is 0 Å². The van der Waals surface area contributed by atoms with Gasteiger partial charge in [-0.2, -0.15) is 0 Å². The van der Waals surface area contributed by atoms with Crippen molar-refractivity contribution in [3.05, 3.63) is 35.9 Å². The van der Waals surface area contributed by atoms with Gasteiger partial charge < -0.3 is 5.11 Å². The molecule has 1 aromatic rings. The summed E-state index contributed by atoms with van der Waals surface area (Å²) in [6.45, 7) is 4.20. The summed E-state index contributed by atoms with van der Waals surface area (Å²) in [7, 11) is -3.43. The van der Waals surface area contributed by atoms with Crippen molar-refractivity contribution in [1.82, 2.24) is 4.72 Å². The summed E-state index contributed by atoms with van der Waals surface area (Å²) in [5, 5.41) is 8.50. The summed E-state index contributed by atoms with van der Waals surface area (Å²) in [5.41, 5.74) is 0.731. The van der Waals surface area contributed by atoms with Gasteiger partial charge in [0.1, 0.15) is 0 Å². The second kappa shape index (κ2) is 6.85. The van der Waals surface area contributed by atoms with Crippen LogP contribution in [0.25, 0.3) is 0 Å². The minimum atomic E-state index is -3.43. The second-order valence-corrected chi connectivity index (χ2v) is 7.31. The Balaban J connectivity index is 2.55. The van der Waals surface area contributed by atoms with E-state index in [9.17, 15) is 13.2 Å². The molecule has 0 spiro atoms. The number of hydrogen-bond donors (Lipinski definition) is 2. The maximum Gasteiger partial charge on any atom is 0.303 e. The van der Waals surface area contributed by atoms with Crippen LogP contribution in [0.1, 0.15) is 32.3 Å². The first-order valence-electron chi connectivity index (χ1n) is 6.48. The molecule has 0 unspecified atom stereocenters. The van der Waals surface area contributed by atoms with Gasteiger partial charge in [-0.15, -0.1) is 0 Å². The average molecular weight is 299 g/mol. The third-order valence-corrected chi connectivity index (χ3v) is 4.50. The first kappa shape index (κ1) is 16.7. The molecule has 112 valence electrons. The first-order chi connectivity index (χ1) is 9.23. The zero-order chi connectivity index (χ0) is 15.2. The molecule has 0 bridgehead atoms. The lowest BCUT2D eigenvalue weighted by Gasteiger charge is -2.25. The Hall–Kier alpha value is -1.40. The molecule has 0 aliphatic rings. The van der Waals surface area contributed by atoms with E-state index in [-0.39, 0.29) is 30.6 Å². The van der Waals surface area contributed by atoms with E-state index in [4.69, 9.17) is 5.11 Å². The molecule has 20 heavy (non-hydrogen) atoms. The largest absolute Gasteiger partial charge is 0.481 e. The summed E-state index contributed by atoms with van der Waals surface area (Å²) in [5.74, 6) is -1.14. The van der Waals surface area contributed by atoms with Gasteiger partial charge in [0.2, 0.25) is 10.0 Å². The molecule has 6 heteroatoms. The van der Waals surface area contributed by atoms with Crippen LogP contribution in [0.15, 0.2) is 30.3 Å². The van der Waals surface area contributed by atoms with Crippen LogP contribution in [0, 0.1) is 0 Å². The molecule has 0 aromatic heterocycles. The van der Waals surface area contributed by atoms with E-state index in [0.29, 0.717) is 0 Å². The van der Waals surface area contributed by atoms with Gasteiger partial charge in [-0.25, -0.2) is 13.1 Å². The SMILES string of the molecule is CC(C)(CNS(=O)(=O)CCCC(=O)O)c1ccccc1. The van der Waals surface area contributed by atoms with Gasteiger partial charge in [-0.1, -0.05) is 44.2 Å². The highest BCUT2D eigenvalue weighted by atomic mass is 32.2. The lowest BCUT2D eigenvalue weighted by Crippen LogP contribution is -2.37. The number of benzene rings is 1. The van der Waals surface area contributed by atoms with Gasteiger partial charge in [-0.05, 0) is 12.0 Å². The van der Waals surface area contributed by atoms with Gasteiger partial charge in [0.25, 0.3) is 0 Å². The van der Waals surface area contributed by atoms with Gasteiger partial charge in [-0.3, -0.25) is 4.79 Å². The number of sulfonamides is 1. The third kappa shape index (κ3) is 5.71. The molecule has 0 fully saturated rings. The summed E-state index contributed by atoms with van der Waals surface area (Å²) < 4.78 is 26.1. The molecular weight excluding hydrogens is 278 g/mol. The van der Waals surface area contributed by atoms with Crippen LogP contribution in [-0.4, -0.2) is 31.8 Å². The quantitative estimate of drug-likeness (QED) is 0.766. The number of aliphatic carboxylic acids is 1. The van der Waals surface area contributed by atoms with E-state index >= 15 is 0 Å². The Morgan fingerprint density at radius 2 is 1.85 bits per heavy atom. The van der Waals surface area contributed by atoms with Gasteiger partial charge in [0.15, 0.2) is 0 Å². The number of nitrogens with one attached hydrogen (secondary N) is 1. The highest BCUT2D eigenvalue weighted by molar-refractivity contribution is 7.89. The van der Waals surface area contributed by atoms with Crippen molar-refractivity contribution in [1.29, 1.82) is 0 Å². The molecule has 0 saturated carbocycles. The number of carboxylic acids is 1. The second-order valence-electron chi connectivity index (χ2n) is 5.39. The van der Waals surface area contributed by atoms with Crippen LogP contribution in [0.2, 0.25) is 0 Å². The number of rotatable bonds is 8. The van der Waals surface area contributed by atoms with E-state index in [1.807, 2.05) is 44.2 Å². The van der Waals surface area contributed by atoms with Crippen LogP contribution in [0.3, 0.4) is 0 Å². The normalized spacial score (nSPS) is 12.3. The van der Waals surface area contributed by atoms with E-state index in [2.05, 4.69) is 4.72 Å². The Kier molecular flexibility index (Phi) is 5.71. The predicted molar refractivity (Wildman–Crippen MR) is 78.1 cm³/mol. The molecule has 0 saturated heterocycles. The summed E-state index contributed by atoms with van der Waals surface area (Å²) in [6, 6.07) is 9.66. The number of hydrogen-bond acceptors (Lipinski definition) is 3. The third-order valence-electron chi connectivity index (χ3n) is 3.09. The maximum atomic E-state index is 11.8. The molecule has 0 aliphatic carbocycles. The predicted octanol–water partition coefficient (Wildman–Crippen LogP) is 1.75. The highest BCUT2D eigenvalue weighted by Gasteiger charge is 2.23. The van der Waals surface area contributed by atoms with E-state index < -0.39 is 16.0 Å².